The molecule has 0 atom stereocenters. The molecule has 0 radical (unpaired) electrons. The molecule has 90 valence electrons. The van der Waals surface area contributed by atoms with Crippen molar-refractivity contribution in [1.29, 1.82) is 5.26 Å². The van der Waals surface area contributed by atoms with Crippen LogP contribution in [0, 0.1) is 17.2 Å². The molecule has 2 heterocycles. The van der Waals surface area contributed by atoms with Gasteiger partial charge in [0.1, 0.15) is 16.9 Å². The molecule has 17 heavy (non-hydrogen) atoms. The summed E-state index contributed by atoms with van der Waals surface area (Å²) in [5.74, 6) is 1.06. The van der Waals surface area contributed by atoms with Crippen LogP contribution >= 0.6 is 11.6 Å². The monoisotopic (exact) mass is 251 g/mol. The maximum atomic E-state index is 9.08. The number of nitrogens with zero attached hydrogens (tertiary/aromatic N) is 3. The van der Waals surface area contributed by atoms with Gasteiger partial charge in [-0.1, -0.05) is 11.6 Å². The number of aromatic nitrogens is 1. The first-order chi connectivity index (χ1) is 8.26. The molecule has 0 aliphatic carbocycles. The Hall–Kier alpha value is -1.31. The molecule has 0 saturated carbocycles. The lowest BCUT2D eigenvalue weighted by Gasteiger charge is -2.32. The SMILES string of the molecule is N#Cc1ccnc(N2CCC(CO)CC2)c1Cl. The van der Waals surface area contributed by atoms with E-state index in [4.69, 9.17) is 22.0 Å². The van der Waals surface area contributed by atoms with E-state index in [0.717, 1.165) is 25.9 Å². The first kappa shape index (κ1) is 12.2. The lowest BCUT2D eigenvalue weighted by molar-refractivity contribution is 0.203. The molecule has 1 N–H and O–H groups in total. The number of pyridine rings is 1. The maximum absolute atomic E-state index is 9.08. The fraction of sp³-hybridized carbons (Fsp3) is 0.500. The van der Waals surface area contributed by atoms with Crippen molar-refractivity contribution in [2.75, 3.05) is 24.6 Å². The number of aliphatic hydroxyl groups excluding tert-OH is 1. The first-order valence-corrected chi connectivity index (χ1v) is 6.04. The van der Waals surface area contributed by atoms with Gasteiger partial charge in [0, 0.05) is 25.9 Å². The van der Waals surface area contributed by atoms with Gasteiger partial charge in [-0.25, -0.2) is 4.98 Å². The molecule has 1 saturated heterocycles. The Morgan fingerprint density at radius 2 is 2.24 bits per heavy atom. The summed E-state index contributed by atoms with van der Waals surface area (Å²) in [4.78, 5) is 6.32. The maximum Gasteiger partial charge on any atom is 0.148 e. The zero-order valence-corrected chi connectivity index (χ0v) is 10.2. The van der Waals surface area contributed by atoms with Gasteiger partial charge in [0.25, 0.3) is 0 Å². The Labute approximate surface area is 105 Å². The van der Waals surface area contributed by atoms with Crippen molar-refractivity contribution in [3.8, 4) is 6.07 Å². The van der Waals surface area contributed by atoms with Crippen LogP contribution in [0.15, 0.2) is 12.3 Å². The number of hydrogen-bond acceptors (Lipinski definition) is 4. The summed E-state index contributed by atoms with van der Waals surface area (Å²) in [7, 11) is 0. The average molecular weight is 252 g/mol. The molecule has 1 aromatic rings. The highest BCUT2D eigenvalue weighted by Crippen LogP contribution is 2.29. The van der Waals surface area contributed by atoms with Crippen molar-refractivity contribution in [2.45, 2.75) is 12.8 Å². The van der Waals surface area contributed by atoms with Crippen LogP contribution in [0.4, 0.5) is 5.82 Å². The Morgan fingerprint density at radius 3 is 2.82 bits per heavy atom. The van der Waals surface area contributed by atoms with Crippen molar-refractivity contribution >= 4 is 17.4 Å². The fourth-order valence-corrected chi connectivity index (χ4v) is 2.34. The van der Waals surface area contributed by atoms with Gasteiger partial charge in [0.2, 0.25) is 0 Å². The second-order valence-corrected chi connectivity index (χ2v) is 4.60. The Kier molecular flexibility index (Phi) is 3.82. The molecule has 1 fully saturated rings. The van der Waals surface area contributed by atoms with Gasteiger partial charge < -0.3 is 10.0 Å². The van der Waals surface area contributed by atoms with E-state index in [1.807, 2.05) is 0 Å². The van der Waals surface area contributed by atoms with E-state index in [-0.39, 0.29) is 6.61 Å². The number of hydrogen-bond donors (Lipinski definition) is 1. The van der Waals surface area contributed by atoms with Gasteiger partial charge in [-0.05, 0) is 24.8 Å². The van der Waals surface area contributed by atoms with Gasteiger partial charge in [0.05, 0.1) is 5.56 Å². The topological polar surface area (TPSA) is 60.2 Å². The van der Waals surface area contributed by atoms with Crippen molar-refractivity contribution < 1.29 is 5.11 Å². The number of anilines is 1. The second-order valence-electron chi connectivity index (χ2n) is 4.22. The number of nitriles is 1. The predicted octanol–water partition coefficient (Wildman–Crippen LogP) is 1.82. The Morgan fingerprint density at radius 1 is 1.53 bits per heavy atom. The van der Waals surface area contributed by atoms with Crippen molar-refractivity contribution in [3.63, 3.8) is 0 Å². The number of aliphatic hydroxyl groups is 1. The van der Waals surface area contributed by atoms with Gasteiger partial charge in [0.15, 0.2) is 0 Å². The molecule has 0 amide bonds. The molecule has 0 aromatic carbocycles. The van der Waals surface area contributed by atoms with Crippen LogP contribution < -0.4 is 4.90 Å². The molecule has 5 heteroatoms. The van der Waals surface area contributed by atoms with Crippen LogP contribution in [0.3, 0.4) is 0 Å². The number of piperidine rings is 1. The smallest absolute Gasteiger partial charge is 0.148 e. The van der Waals surface area contributed by atoms with E-state index < -0.39 is 0 Å². The summed E-state index contributed by atoms with van der Waals surface area (Å²) >= 11 is 6.14. The molecule has 1 aliphatic rings. The second kappa shape index (κ2) is 5.35. The fourth-order valence-electron chi connectivity index (χ4n) is 2.07. The van der Waals surface area contributed by atoms with Gasteiger partial charge >= 0.3 is 0 Å². The van der Waals surface area contributed by atoms with Crippen LogP contribution in [0.25, 0.3) is 0 Å². The van der Waals surface area contributed by atoms with E-state index in [9.17, 15) is 0 Å². The first-order valence-electron chi connectivity index (χ1n) is 5.66. The summed E-state index contributed by atoms with van der Waals surface area (Å²) in [5.41, 5.74) is 0.459. The quantitative estimate of drug-likeness (QED) is 0.871. The van der Waals surface area contributed by atoms with E-state index in [2.05, 4.69) is 16.0 Å². The summed E-state index contributed by atoms with van der Waals surface area (Å²) < 4.78 is 0. The van der Waals surface area contributed by atoms with Crippen molar-refractivity contribution in [1.82, 2.24) is 4.98 Å². The van der Waals surface area contributed by atoms with E-state index in [0.29, 0.717) is 22.3 Å². The Bertz CT molecular complexity index is 436. The summed E-state index contributed by atoms with van der Waals surface area (Å²) in [6, 6.07) is 3.67. The standard InChI is InChI=1S/C12H14ClN3O/c13-11-10(7-14)1-4-15-12(11)16-5-2-9(8-17)3-6-16/h1,4,9,17H,2-3,5-6,8H2. The molecule has 0 unspecified atom stereocenters. The summed E-state index contributed by atoms with van der Waals surface area (Å²) in [6.07, 6.45) is 3.48. The number of halogens is 1. The van der Waals surface area contributed by atoms with E-state index in [1.54, 1.807) is 12.3 Å². The van der Waals surface area contributed by atoms with Crippen LogP contribution in [0.5, 0.6) is 0 Å². The third kappa shape index (κ3) is 2.51. The highest BCUT2D eigenvalue weighted by molar-refractivity contribution is 6.34. The molecule has 0 spiro atoms. The van der Waals surface area contributed by atoms with Crippen LogP contribution in [0.1, 0.15) is 18.4 Å². The largest absolute Gasteiger partial charge is 0.396 e. The minimum atomic E-state index is 0.243. The molecule has 1 aliphatic heterocycles. The van der Waals surface area contributed by atoms with E-state index in [1.165, 1.54) is 0 Å². The summed E-state index contributed by atoms with van der Waals surface area (Å²) in [5, 5.41) is 18.4. The van der Waals surface area contributed by atoms with Crippen molar-refractivity contribution in [3.05, 3.63) is 22.8 Å². The van der Waals surface area contributed by atoms with Gasteiger partial charge in [-0.2, -0.15) is 5.26 Å². The van der Waals surface area contributed by atoms with Crippen molar-refractivity contribution in [2.24, 2.45) is 5.92 Å². The minimum absolute atomic E-state index is 0.243. The molecule has 2 rings (SSSR count). The van der Waals surface area contributed by atoms with Gasteiger partial charge in [-0.15, -0.1) is 0 Å². The number of rotatable bonds is 2. The van der Waals surface area contributed by atoms with Crippen LogP contribution in [0.2, 0.25) is 5.02 Å². The minimum Gasteiger partial charge on any atom is -0.396 e. The normalized spacial score (nSPS) is 16.9. The van der Waals surface area contributed by atoms with E-state index >= 15 is 0 Å². The highest BCUT2D eigenvalue weighted by atomic mass is 35.5. The van der Waals surface area contributed by atoms with Gasteiger partial charge in [-0.3, -0.25) is 0 Å². The third-order valence-electron chi connectivity index (χ3n) is 3.16. The molecular weight excluding hydrogens is 238 g/mol. The molecule has 4 nitrogen and oxygen atoms in total. The zero-order chi connectivity index (χ0) is 12.3. The van der Waals surface area contributed by atoms with Crippen LogP contribution in [-0.2, 0) is 0 Å². The van der Waals surface area contributed by atoms with Crippen LogP contribution in [-0.4, -0.2) is 29.8 Å². The molecule has 0 bridgehead atoms. The molecular formula is C12H14ClN3O. The predicted molar refractivity (Wildman–Crippen MR) is 66.0 cm³/mol. The third-order valence-corrected chi connectivity index (χ3v) is 3.54. The molecule has 1 aromatic heterocycles. The Balaban J connectivity index is 2.16. The lowest BCUT2D eigenvalue weighted by Crippen LogP contribution is -2.35. The highest BCUT2D eigenvalue weighted by Gasteiger charge is 2.21. The lowest BCUT2D eigenvalue weighted by atomic mass is 9.98. The zero-order valence-electron chi connectivity index (χ0n) is 9.43. The average Bonchev–Trinajstić information content (AvgIpc) is 2.39. The summed E-state index contributed by atoms with van der Waals surface area (Å²) in [6.45, 7) is 1.90.